The van der Waals surface area contributed by atoms with Crippen LogP contribution >= 0.6 is 0 Å². The first-order valence-corrected chi connectivity index (χ1v) is 8.85. The van der Waals surface area contributed by atoms with Crippen molar-refractivity contribution in [3.8, 4) is 0 Å². The van der Waals surface area contributed by atoms with Gasteiger partial charge in [0.05, 0.1) is 25.7 Å². The Morgan fingerprint density at radius 2 is 2.00 bits per heavy atom. The van der Waals surface area contributed by atoms with E-state index in [-0.39, 0.29) is 17.2 Å². The molecule has 2 fully saturated rings. The molecule has 1 amide bonds. The highest BCUT2D eigenvalue weighted by Crippen LogP contribution is 2.23. The second kappa shape index (κ2) is 7.19. The fourth-order valence-electron chi connectivity index (χ4n) is 3.27. The molecule has 0 unspecified atom stereocenters. The Morgan fingerprint density at radius 3 is 2.67 bits per heavy atom. The van der Waals surface area contributed by atoms with E-state index in [1.165, 1.54) is 0 Å². The van der Waals surface area contributed by atoms with Crippen molar-refractivity contribution in [2.75, 3.05) is 39.4 Å². The Morgan fingerprint density at radius 1 is 1.25 bits per heavy atom. The number of carbonyl (C=O) groups excluding carboxylic acids is 1. The van der Waals surface area contributed by atoms with Crippen molar-refractivity contribution in [3.63, 3.8) is 0 Å². The van der Waals surface area contributed by atoms with Crippen LogP contribution < -0.4 is 0 Å². The Kier molecular flexibility index (Phi) is 5.20. The van der Waals surface area contributed by atoms with Crippen molar-refractivity contribution < 1.29 is 14.1 Å². The van der Waals surface area contributed by atoms with Crippen molar-refractivity contribution >= 4 is 5.91 Å². The summed E-state index contributed by atoms with van der Waals surface area (Å²) in [5, 5.41) is 4.10. The van der Waals surface area contributed by atoms with Crippen LogP contribution in [0.15, 0.2) is 4.52 Å². The zero-order valence-electron chi connectivity index (χ0n) is 15.0. The predicted molar refractivity (Wildman–Crippen MR) is 88.4 cm³/mol. The second-order valence-corrected chi connectivity index (χ2v) is 7.78. The number of amides is 1. The number of nitrogens with zero attached hydrogens (tertiary/aromatic N) is 4. The lowest BCUT2D eigenvalue weighted by atomic mass is 9.96. The van der Waals surface area contributed by atoms with Gasteiger partial charge in [0.1, 0.15) is 0 Å². The summed E-state index contributed by atoms with van der Waals surface area (Å²) in [5.41, 5.74) is -0.137. The molecule has 1 aromatic rings. The van der Waals surface area contributed by atoms with Crippen molar-refractivity contribution in [2.45, 2.75) is 45.6 Å². The van der Waals surface area contributed by atoms with E-state index >= 15 is 0 Å². The number of ether oxygens (including phenoxy) is 1. The Labute approximate surface area is 143 Å². The smallest absolute Gasteiger partial charge is 0.232 e. The van der Waals surface area contributed by atoms with Gasteiger partial charge >= 0.3 is 0 Å². The highest BCUT2D eigenvalue weighted by Gasteiger charge is 2.31. The number of carbonyl (C=O) groups is 1. The van der Waals surface area contributed by atoms with E-state index < -0.39 is 0 Å². The van der Waals surface area contributed by atoms with Crippen LogP contribution in [-0.2, 0) is 21.5 Å². The van der Waals surface area contributed by atoms with Gasteiger partial charge in [0.25, 0.3) is 0 Å². The quantitative estimate of drug-likeness (QED) is 0.832. The molecule has 2 aliphatic rings. The standard InChI is InChI=1S/C17H28N4O3/c1-17(2,3)16-18-14(19-24-16)12-20-6-4-5-13(11-20)15(22)21-7-9-23-10-8-21/h13H,4-12H2,1-3H3/t13-/m1/s1. The maximum atomic E-state index is 12.7. The van der Waals surface area contributed by atoms with Crippen LogP contribution in [0, 0.1) is 5.92 Å². The summed E-state index contributed by atoms with van der Waals surface area (Å²) in [6.45, 7) is 11.3. The minimum atomic E-state index is -0.137. The van der Waals surface area contributed by atoms with Crippen molar-refractivity contribution in [1.29, 1.82) is 0 Å². The molecule has 0 saturated carbocycles. The summed E-state index contributed by atoms with van der Waals surface area (Å²) in [7, 11) is 0. The average Bonchev–Trinajstić information content (AvgIpc) is 3.04. The van der Waals surface area contributed by atoms with Crippen LogP contribution in [0.25, 0.3) is 0 Å². The van der Waals surface area contributed by atoms with Crippen molar-refractivity contribution in [1.82, 2.24) is 19.9 Å². The van der Waals surface area contributed by atoms with Gasteiger partial charge in [0.15, 0.2) is 5.82 Å². The first-order valence-electron chi connectivity index (χ1n) is 8.85. The summed E-state index contributed by atoms with van der Waals surface area (Å²) in [6, 6.07) is 0. The molecule has 0 bridgehead atoms. The molecule has 0 spiro atoms. The molecular formula is C17H28N4O3. The zero-order chi connectivity index (χ0) is 17.2. The third-order valence-corrected chi connectivity index (χ3v) is 4.65. The first kappa shape index (κ1) is 17.4. The Balaban J connectivity index is 1.57. The van der Waals surface area contributed by atoms with E-state index in [2.05, 4.69) is 35.8 Å². The van der Waals surface area contributed by atoms with Crippen molar-refractivity contribution in [2.24, 2.45) is 5.92 Å². The van der Waals surface area contributed by atoms with Crippen LogP contribution in [0.5, 0.6) is 0 Å². The van der Waals surface area contributed by atoms with E-state index in [0.717, 1.165) is 39.0 Å². The van der Waals surface area contributed by atoms with E-state index in [0.29, 0.717) is 31.5 Å². The Hall–Kier alpha value is -1.47. The third kappa shape index (κ3) is 4.13. The number of aromatic nitrogens is 2. The third-order valence-electron chi connectivity index (χ3n) is 4.65. The molecular weight excluding hydrogens is 308 g/mol. The van der Waals surface area contributed by atoms with Crippen LogP contribution in [0.2, 0.25) is 0 Å². The van der Waals surface area contributed by atoms with Crippen LogP contribution in [-0.4, -0.2) is 65.2 Å². The molecule has 7 nitrogen and oxygen atoms in total. The SMILES string of the molecule is CC(C)(C)c1nc(CN2CCC[C@@H](C(=O)N3CCOCC3)C2)no1. The Bertz CT molecular complexity index is 560. The normalized spacial score (nSPS) is 23.5. The molecule has 3 rings (SSSR count). The van der Waals surface area contributed by atoms with Gasteiger partial charge in [-0.05, 0) is 19.4 Å². The summed E-state index contributed by atoms with van der Waals surface area (Å²) in [6.07, 6.45) is 2.00. The van der Waals surface area contributed by atoms with E-state index in [1.807, 2.05) is 4.90 Å². The molecule has 24 heavy (non-hydrogen) atoms. The largest absolute Gasteiger partial charge is 0.378 e. The van der Waals surface area contributed by atoms with Gasteiger partial charge in [-0.1, -0.05) is 25.9 Å². The lowest BCUT2D eigenvalue weighted by Gasteiger charge is -2.35. The highest BCUT2D eigenvalue weighted by atomic mass is 16.5. The second-order valence-electron chi connectivity index (χ2n) is 7.78. The molecule has 0 radical (unpaired) electrons. The molecule has 0 aliphatic carbocycles. The lowest BCUT2D eigenvalue weighted by molar-refractivity contribution is -0.141. The van der Waals surface area contributed by atoms with E-state index in [9.17, 15) is 4.79 Å². The van der Waals surface area contributed by atoms with Crippen LogP contribution in [0.3, 0.4) is 0 Å². The molecule has 7 heteroatoms. The molecule has 3 heterocycles. The van der Waals surface area contributed by atoms with Crippen LogP contribution in [0.4, 0.5) is 0 Å². The first-order chi connectivity index (χ1) is 11.4. The van der Waals surface area contributed by atoms with Gasteiger partial charge in [-0.25, -0.2) is 0 Å². The molecule has 2 aliphatic heterocycles. The number of piperidine rings is 1. The number of hydrogen-bond acceptors (Lipinski definition) is 6. The minimum absolute atomic E-state index is 0.0748. The zero-order valence-corrected chi connectivity index (χ0v) is 15.0. The van der Waals surface area contributed by atoms with E-state index in [1.54, 1.807) is 0 Å². The van der Waals surface area contributed by atoms with Gasteiger partial charge in [0.2, 0.25) is 11.8 Å². The summed E-state index contributed by atoms with van der Waals surface area (Å²) in [5.74, 6) is 1.71. The predicted octanol–water partition coefficient (Wildman–Crippen LogP) is 1.44. The molecule has 2 saturated heterocycles. The van der Waals surface area contributed by atoms with Gasteiger partial charge in [-0.2, -0.15) is 4.98 Å². The van der Waals surface area contributed by atoms with Gasteiger partial charge in [-0.3, -0.25) is 9.69 Å². The van der Waals surface area contributed by atoms with Crippen LogP contribution in [0.1, 0.15) is 45.3 Å². The van der Waals surface area contributed by atoms with Gasteiger partial charge in [0, 0.05) is 25.0 Å². The molecule has 1 atom stereocenters. The molecule has 0 N–H and O–H groups in total. The number of rotatable bonds is 3. The molecule has 134 valence electrons. The monoisotopic (exact) mass is 336 g/mol. The van der Waals surface area contributed by atoms with Gasteiger partial charge < -0.3 is 14.2 Å². The average molecular weight is 336 g/mol. The summed E-state index contributed by atoms with van der Waals surface area (Å²) < 4.78 is 10.7. The van der Waals surface area contributed by atoms with Gasteiger partial charge in [-0.15, -0.1) is 0 Å². The maximum absolute atomic E-state index is 12.7. The fraction of sp³-hybridized carbons (Fsp3) is 0.824. The summed E-state index contributed by atoms with van der Waals surface area (Å²) >= 11 is 0. The number of hydrogen-bond donors (Lipinski definition) is 0. The highest BCUT2D eigenvalue weighted by molar-refractivity contribution is 5.79. The fourth-order valence-corrected chi connectivity index (χ4v) is 3.27. The number of morpholine rings is 1. The maximum Gasteiger partial charge on any atom is 0.232 e. The molecule has 0 aromatic carbocycles. The van der Waals surface area contributed by atoms with E-state index in [4.69, 9.17) is 9.26 Å². The topological polar surface area (TPSA) is 71.7 Å². The number of likely N-dealkylation sites (tertiary alicyclic amines) is 1. The molecule has 1 aromatic heterocycles. The van der Waals surface area contributed by atoms with Crippen molar-refractivity contribution in [3.05, 3.63) is 11.7 Å². The minimum Gasteiger partial charge on any atom is -0.378 e. The lowest BCUT2D eigenvalue weighted by Crippen LogP contribution is -2.48. The summed E-state index contributed by atoms with van der Waals surface area (Å²) in [4.78, 5) is 21.4.